The Hall–Kier alpha value is -5.18. The van der Waals surface area contributed by atoms with Crippen molar-refractivity contribution in [2.75, 3.05) is 59.1 Å². The third kappa shape index (κ3) is 9.87. The molecule has 0 radical (unpaired) electrons. The molecule has 3 aliphatic rings. The lowest BCUT2D eigenvalue weighted by atomic mass is 9.78. The van der Waals surface area contributed by atoms with Crippen LogP contribution < -0.4 is 29.2 Å². The maximum Gasteiger partial charge on any atom is 0.257 e. The third-order valence-electron chi connectivity index (χ3n) is 10.3. The van der Waals surface area contributed by atoms with E-state index in [1.807, 2.05) is 31.0 Å². The topological polar surface area (TPSA) is 135 Å². The van der Waals surface area contributed by atoms with E-state index in [1.54, 1.807) is 43.5 Å². The molecule has 2 aromatic rings. The van der Waals surface area contributed by atoms with Gasteiger partial charge in [0.25, 0.3) is 11.8 Å². The number of amides is 2. The minimum absolute atomic E-state index is 0.0118. The molecule has 2 atom stereocenters. The highest BCUT2D eigenvalue weighted by atomic mass is 16.5. The summed E-state index contributed by atoms with van der Waals surface area (Å²) in [5.41, 5.74) is 2.62. The molecule has 12 heteroatoms. The molecule has 0 saturated carbocycles. The van der Waals surface area contributed by atoms with Crippen LogP contribution in [0.25, 0.3) is 0 Å². The molecular formula is C42H57N5O7. The van der Waals surface area contributed by atoms with Gasteiger partial charge in [0.05, 0.1) is 75.1 Å². The van der Waals surface area contributed by atoms with Gasteiger partial charge in [0.15, 0.2) is 23.0 Å². The molecular weight excluding hydrogens is 686 g/mol. The molecule has 2 unspecified atom stereocenters. The summed E-state index contributed by atoms with van der Waals surface area (Å²) >= 11 is 0. The Morgan fingerprint density at radius 1 is 0.963 bits per heavy atom. The Morgan fingerprint density at radius 3 is 2.28 bits per heavy atom. The second-order valence-electron chi connectivity index (χ2n) is 15.6. The van der Waals surface area contributed by atoms with Crippen molar-refractivity contribution in [2.24, 2.45) is 15.8 Å². The maximum atomic E-state index is 13.3. The number of fused-ring (bicyclic) bond motifs is 3. The van der Waals surface area contributed by atoms with Crippen molar-refractivity contribution < 1.29 is 33.3 Å². The number of likely N-dealkylation sites (N-methyl/N-ethyl adjacent to an activating group) is 1. The molecule has 292 valence electrons. The van der Waals surface area contributed by atoms with Crippen LogP contribution in [0.3, 0.4) is 0 Å². The van der Waals surface area contributed by atoms with Crippen LogP contribution in [0.2, 0.25) is 0 Å². The molecule has 2 amide bonds. The average molecular weight is 744 g/mol. The standard InChI is InChI=1S/C40H55N5O7.C2H2/c1-10-28-21-43-37(46)30-17-34(49-9)36(19-32(30)44(7)25(2)23-51-28)50-14-13-39(3,4)11-12-40(5,6)24-52-35-18-31-29(16-33(35)48-8)38(47)45-22-26(41)15-27(45)20-42-31;1-2/h10,16-20,25,27,41H,11-15,21-24H2,1-9H3,(H,43,46);1-2H/b28-10-,41-26?;. The summed E-state index contributed by atoms with van der Waals surface area (Å²) in [5.74, 6) is 2.50. The Balaban J connectivity index is 0.00000319. The van der Waals surface area contributed by atoms with Crippen LogP contribution in [-0.2, 0) is 4.74 Å². The number of anilines is 1. The zero-order chi connectivity index (χ0) is 39.8. The Morgan fingerprint density at radius 2 is 1.61 bits per heavy atom. The number of nitrogens with zero attached hydrogens (tertiary/aromatic N) is 3. The highest BCUT2D eigenvalue weighted by Gasteiger charge is 2.35. The monoisotopic (exact) mass is 743 g/mol. The van der Waals surface area contributed by atoms with E-state index < -0.39 is 0 Å². The number of hydrogen-bond donors (Lipinski definition) is 2. The lowest BCUT2D eigenvalue weighted by Gasteiger charge is -2.32. The number of ether oxygens (including phenoxy) is 5. The summed E-state index contributed by atoms with van der Waals surface area (Å²) in [6.45, 7) is 14.9. The molecule has 0 aromatic heterocycles. The Kier molecular flexibility index (Phi) is 13.7. The summed E-state index contributed by atoms with van der Waals surface area (Å²) in [7, 11) is 5.11. The second kappa shape index (κ2) is 17.8. The van der Waals surface area contributed by atoms with Gasteiger partial charge in [-0.1, -0.05) is 27.7 Å². The molecule has 3 heterocycles. The van der Waals surface area contributed by atoms with Crippen molar-refractivity contribution >= 4 is 35.1 Å². The first-order chi connectivity index (χ1) is 25.6. The van der Waals surface area contributed by atoms with Crippen molar-refractivity contribution in [2.45, 2.75) is 79.3 Å². The number of rotatable bonds is 12. The van der Waals surface area contributed by atoms with Crippen molar-refractivity contribution in [1.29, 1.82) is 5.41 Å². The van der Waals surface area contributed by atoms with Gasteiger partial charge in [-0.05, 0) is 62.1 Å². The fourth-order valence-electron chi connectivity index (χ4n) is 6.48. The number of nitrogens with one attached hydrogen (secondary N) is 2. The first-order valence-corrected chi connectivity index (χ1v) is 18.4. The van der Waals surface area contributed by atoms with Gasteiger partial charge >= 0.3 is 0 Å². The number of carbonyl (C=O) groups is 2. The summed E-state index contributed by atoms with van der Waals surface area (Å²) in [5, 5.41) is 11.0. The highest BCUT2D eigenvalue weighted by molar-refractivity contribution is 6.07. The fraction of sp³-hybridized carbons (Fsp3) is 0.524. The first-order valence-electron chi connectivity index (χ1n) is 18.4. The van der Waals surface area contributed by atoms with Crippen LogP contribution in [0.1, 0.15) is 87.9 Å². The minimum Gasteiger partial charge on any atom is -0.494 e. The number of methoxy groups -OCH3 is 2. The van der Waals surface area contributed by atoms with Gasteiger partial charge < -0.3 is 44.2 Å². The molecule has 0 bridgehead atoms. The summed E-state index contributed by atoms with van der Waals surface area (Å²) in [6.07, 6.45) is 14.8. The van der Waals surface area contributed by atoms with E-state index in [2.05, 4.69) is 57.8 Å². The van der Waals surface area contributed by atoms with E-state index >= 15 is 0 Å². The Labute approximate surface area is 320 Å². The molecule has 3 aliphatic heterocycles. The minimum atomic E-state index is -0.205. The molecule has 1 saturated heterocycles. The van der Waals surface area contributed by atoms with Crippen LogP contribution in [-0.4, -0.2) is 94.9 Å². The predicted molar refractivity (Wildman–Crippen MR) is 214 cm³/mol. The second-order valence-corrected chi connectivity index (χ2v) is 15.6. The molecule has 54 heavy (non-hydrogen) atoms. The van der Waals surface area contributed by atoms with Crippen molar-refractivity contribution in [1.82, 2.24) is 10.2 Å². The summed E-state index contributed by atoms with van der Waals surface area (Å²) in [6, 6.07) is 6.95. The number of terminal acetylenes is 1. The van der Waals surface area contributed by atoms with E-state index in [0.717, 1.165) is 30.7 Å². The van der Waals surface area contributed by atoms with Gasteiger partial charge in [-0.25, -0.2) is 0 Å². The van der Waals surface area contributed by atoms with Crippen LogP contribution in [0.4, 0.5) is 11.4 Å². The van der Waals surface area contributed by atoms with Crippen molar-refractivity contribution in [3.63, 3.8) is 0 Å². The number of allylic oxidation sites excluding steroid dienone is 1. The number of carbonyl (C=O) groups excluding carboxylic acids is 2. The van der Waals surface area contributed by atoms with Crippen LogP contribution in [0.5, 0.6) is 23.0 Å². The first kappa shape index (κ1) is 41.6. The lowest BCUT2D eigenvalue weighted by Crippen LogP contribution is -2.38. The van der Waals surface area contributed by atoms with Crippen LogP contribution >= 0.6 is 0 Å². The molecule has 5 rings (SSSR count). The molecule has 0 spiro atoms. The van der Waals surface area contributed by atoms with Gasteiger partial charge in [0.2, 0.25) is 0 Å². The van der Waals surface area contributed by atoms with E-state index in [1.165, 1.54) is 0 Å². The molecule has 12 nitrogen and oxygen atoms in total. The SMILES string of the molecule is C#C.C/C=C1/CNC(=O)c2cc(OC)c(OCCC(C)(C)CCC(C)(C)COc3cc4c(cc3OC)C(=O)N3CC(=N)CC3C=N4)cc2N(C)C(C)CO1. The van der Waals surface area contributed by atoms with Gasteiger partial charge in [-0.15, -0.1) is 12.8 Å². The number of hydrogen-bond acceptors (Lipinski definition) is 10. The Bertz CT molecular complexity index is 1780. The summed E-state index contributed by atoms with van der Waals surface area (Å²) in [4.78, 5) is 34.9. The average Bonchev–Trinajstić information content (AvgIpc) is 3.49. The fourth-order valence-corrected chi connectivity index (χ4v) is 6.48. The van der Waals surface area contributed by atoms with Gasteiger partial charge in [-0.3, -0.25) is 14.6 Å². The largest absolute Gasteiger partial charge is 0.494 e. The highest BCUT2D eigenvalue weighted by Crippen LogP contribution is 2.41. The number of aliphatic imine (C=N–C) groups is 1. The zero-order valence-electron chi connectivity index (χ0n) is 33.3. The predicted octanol–water partition coefficient (Wildman–Crippen LogP) is 7.07. The molecule has 0 aliphatic carbocycles. The van der Waals surface area contributed by atoms with Gasteiger partial charge in [0, 0.05) is 37.5 Å². The third-order valence-corrected chi connectivity index (χ3v) is 10.3. The molecule has 2 aromatic carbocycles. The smallest absolute Gasteiger partial charge is 0.257 e. The quantitative estimate of drug-likeness (QED) is 0.221. The zero-order valence-corrected chi connectivity index (χ0v) is 33.3. The summed E-state index contributed by atoms with van der Waals surface area (Å²) < 4.78 is 30.0. The van der Waals surface area contributed by atoms with Crippen LogP contribution in [0, 0.1) is 29.1 Å². The molecule has 2 N–H and O–H groups in total. The van der Waals surface area contributed by atoms with Gasteiger partial charge in [0.1, 0.15) is 12.4 Å². The van der Waals surface area contributed by atoms with E-state index in [9.17, 15) is 9.59 Å². The lowest BCUT2D eigenvalue weighted by molar-refractivity contribution is 0.0779. The van der Waals surface area contributed by atoms with Crippen molar-refractivity contribution in [3.8, 4) is 35.8 Å². The maximum absolute atomic E-state index is 13.3. The van der Waals surface area contributed by atoms with Crippen molar-refractivity contribution in [3.05, 3.63) is 47.2 Å². The number of benzene rings is 2. The van der Waals surface area contributed by atoms with Crippen LogP contribution in [0.15, 0.2) is 41.1 Å². The van der Waals surface area contributed by atoms with E-state index in [-0.39, 0.29) is 34.7 Å². The molecule has 1 fully saturated rings. The normalized spacial score (nSPS) is 19.3. The van der Waals surface area contributed by atoms with E-state index in [4.69, 9.17) is 29.1 Å². The van der Waals surface area contributed by atoms with E-state index in [0.29, 0.717) is 84.9 Å². The van der Waals surface area contributed by atoms with Gasteiger partial charge in [-0.2, -0.15) is 0 Å².